The lowest BCUT2D eigenvalue weighted by molar-refractivity contribution is -0.140. The maximum Gasteiger partial charge on any atom is 0.419 e. The molecule has 0 fully saturated rings. The van der Waals surface area contributed by atoms with Gasteiger partial charge in [-0.25, -0.2) is 22.0 Å². The predicted molar refractivity (Wildman–Crippen MR) is 148 cm³/mol. The SMILES string of the molecule is CCOc1cc([C@@](Cc2ccccc2)(NC(=O)c2ccc(F)c(C(F)(F)F)c2)c2cc(F)cc(CC(F)(F)C(F)F)c2)ccc1F. The quantitative estimate of drug-likeness (QED) is 0.164. The summed E-state index contributed by atoms with van der Waals surface area (Å²) in [5.74, 6) is -9.83. The summed E-state index contributed by atoms with van der Waals surface area (Å²) in [6.45, 7) is 1.51. The van der Waals surface area contributed by atoms with E-state index >= 15 is 4.39 Å². The molecule has 4 aromatic rings. The summed E-state index contributed by atoms with van der Waals surface area (Å²) in [5.41, 5.74) is -5.02. The first kappa shape index (κ1) is 34.3. The lowest BCUT2D eigenvalue weighted by atomic mass is 9.76. The molecule has 0 aliphatic heterocycles. The van der Waals surface area contributed by atoms with Crippen LogP contribution < -0.4 is 10.1 Å². The summed E-state index contributed by atoms with van der Waals surface area (Å²) in [5, 5.41) is 2.55. The van der Waals surface area contributed by atoms with E-state index in [0.717, 1.165) is 36.4 Å². The minimum absolute atomic E-state index is 0.0267. The lowest BCUT2D eigenvalue weighted by Gasteiger charge is -2.37. The third-order valence-corrected chi connectivity index (χ3v) is 7.11. The van der Waals surface area contributed by atoms with Gasteiger partial charge < -0.3 is 10.1 Å². The molecule has 13 heteroatoms. The fourth-order valence-electron chi connectivity index (χ4n) is 4.99. The molecule has 4 rings (SSSR count). The number of hydrogen-bond acceptors (Lipinski definition) is 2. The summed E-state index contributed by atoms with van der Waals surface area (Å²) in [7, 11) is 0. The molecule has 0 saturated heterocycles. The average Bonchev–Trinajstić information content (AvgIpc) is 2.97. The molecule has 3 nitrogen and oxygen atoms in total. The highest BCUT2D eigenvalue weighted by molar-refractivity contribution is 5.95. The minimum Gasteiger partial charge on any atom is -0.491 e. The van der Waals surface area contributed by atoms with Crippen molar-refractivity contribution >= 4 is 5.91 Å². The zero-order valence-electron chi connectivity index (χ0n) is 23.9. The van der Waals surface area contributed by atoms with Crippen LogP contribution >= 0.6 is 0 Å². The van der Waals surface area contributed by atoms with Gasteiger partial charge in [-0.05, 0) is 71.6 Å². The molecular formula is C33H25F10NO2. The third-order valence-electron chi connectivity index (χ3n) is 7.11. The monoisotopic (exact) mass is 657 g/mol. The highest BCUT2D eigenvalue weighted by Gasteiger charge is 2.43. The van der Waals surface area contributed by atoms with Crippen LogP contribution in [0.5, 0.6) is 5.75 Å². The summed E-state index contributed by atoms with van der Waals surface area (Å²) in [4.78, 5) is 13.7. The second kappa shape index (κ2) is 13.4. The van der Waals surface area contributed by atoms with E-state index in [0.29, 0.717) is 17.7 Å². The van der Waals surface area contributed by atoms with Gasteiger partial charge in [-0.15, -0.1) is 0 Å². The van der Waals surface area contributed by atoms with Gasteiger partial charge >= 0.3 is 18.5 Å². The van der Waals surface area contributed by atoms with Gasteiger partial charge in [0.2, 0.25) is 0 Å². The highest BCUT2D eigenvalue weighted by Crippen LogP contribution is 2.39. The Kier molecular flexibility index (Phi) is 10.0. The van der Waals surface area contributed by atoms with Gasteiger partial charge in [-0.2, -0.15) is 22.0 Å². The third kappa shape index (κ3) is 7.63. The van der Waals surface area contributed by atoms with Crippen LogP contribution in [0.2, 0.25) is 0 Å². The van der Waals surface area contributed by atoms with Crippen LogP contribution in [0.15, 0.2) is 84.9 Å². The van der Waals surface area contributed by atoms with Gasteiger partial charge in [0.15, 0.2) is 11.6 Å². The van der Waals surface area contributed by atoms with Gasteiger partial charge in [-0.3, -0.25) is 4.79 Å². The lowest BCUT2D eigenvalue weighted by Crippen LogP contribution is -2.49. The van der Waals surface area contributed by atoms with Crippen molar-refractivity contribution in [2.24, 2.45) is 0 Å². The van der Waals surface area contributed by atoms with E-state index in [4.69, 9.17) is 4.74 Å². The van der Waals surface area contributed by atoms with Gasteiger partial charge in [0.1, 0.15) is 11.6 Å². The van der Waals surface area contributed by atoms with Crippen molar-refractivity contribution < 1.29 is 53.4 Å². The summed E-state index contributed by atoms with van der Waals surface area (Å²) in [6, 6.07) is 15.0. The van der Waals surface area contributed by atoms with E-state index < -0.39 is 70.5 Å². The van der Waals surface area contributed by atoms with E-state index in [1.54, 1.807) is 37.3 Å². The number of amides is 1. The second-order valence-electron chi connectivity index (χ2n) is 10.4. The topological polar surface area (TPSA) is 38.3 Å². The standard InChI is InChI=1S/C33H25F10NO2/c1-2-46-28-16-22(9-11-27(28)36)31(17-19-6-4-3-5-7-19,23-12-20(13-24(34)15-23)18-32(39,40)30(37)38)44-29(45)21-8-10-26(35)25(14-21)33(41,42)43/h3-16,30H,2,17-18H2,1H3,(H,44,45)/t31-/m1/s1. The maximum absolute atomic E-state index is 15.1. The molecule has 0 aromatic heterocycles. The Morgan fingerprint density at radius 1 is 0.761 bits per heavy atom. The Labute approximate surface area is 256 Å². The van der Waals surface area contributed by atoms with Crippen molar-refractivity contribution in [1.29, 1.82) is 0 Å². The van der Waals surface area contributed by atoms with Gasteiger partial charge in [0, 0.05) is 18.4 Å². The van der Waals surface area contributed by atoms with Crippen LogP contribution in [0.1, 0.15) is 45.1 Å². The molecule has 0 bridgehead atoms. The number of carbonyl (C=O) groups excluding carboxylic acids is 1. The Morgan fingerprint density at radius 3 is 2.07 bits per heavy atom. The van der Waals surface area contributed by atoms with Gasteiger partial charge in [-0.1, -0.05) is 42.5 Å². The molecule has 0 spiro atoms. The van der Waals surface area contributed by atoms with E-state index in [-0.39, 0.29) is 36.0 Å². The molecule has 1 atom stereocenters. The van der Waals surface area contributed by atoms with Crippen molar-refractivity contribution in [2.75, 3.05) is 6.61 Å². The summed E-state index contributed by atoms with van der Waals surface area (Å²) < 4.78 is 144. The van der Waals surface area contributed by atoms with Crippen molar-refractivity contribution in [3.8, 4) is 5.75 Å². The van der Waals surface area contributed by atoms with Gasteiger partial charge in [0.05, 0.1) is 17.7 Å². The number of alkyl halides is 7. The van der Waals surface area contributed by atoms with Crippen LogP contribution in [0.3, 0.4) is 0 Å². The van der Waals surface area contributed by atoms with Crippen molar-refractivity contribution in [1.82, 2.24) is 5.32 Å². The molecule has 1 N–H and O–H groups in total. The first-order valence-corrected chi connectivity index (χ1v) is 13.7. The van der Waals surface area contributed by atoms with Gasteiger partial charge in [0.25, 0.3) is 5.91 Å². The molecule has 0 heterocycles. The Morgan fingerprint density at radius 2 is 1.43 bits per heavy atom. The van der Waals surface area contributed by atoms with E-state index in [1.165, 1.54) is 0 Å². The summed E-state index contributed by atoms with van der Waals surface area (Å²) in [6.07, 6.45) is -11.2. The highest BCUT2D eigenvalue weighted by atomic mass is 19.4. The fraction of sp³-hybridized carbons (Fsp3) is 0.242. The number of nitrogens with one attached hydrogen (secondary N) is 1. The van der Waals surface area contributed by atoms with Crippen molar-refractivity contribution in [3.05, 3.63) is 136 Å². The molecule has 0 aliphatic rings. The Hall–Kier alpha value is -4.55. The maximum atomic E-state index is 15.1. The molecular weight excluding hydrogens is 632 g/mol. The smallest absolute Gasteiger partial charge is 0.419 e. The Bertz CT molecular complexity index is 1690. The number of rotatable bonds is 11. The number of ether oxygens (including phenoxy) is 1. The molecule has 0 saturated carbocycles. The van der Waals surface area contributed by atoms with Crippen LogP contribution in [0.25, 0.3) is 0 Å². The number of carbonyl (C=O) groups is 1. The molecule has 244 valence electrons. The van der Waals surface area contributed by atoms with Crippen LogP contribution in [0, 0.1) is 17.5 Å². The van der Waals surface area contributed by atoms with E-state index in [1.807, 2.05) is 0 Å². The molecule has 0 radical (unpaired) electrons. The molecule has 0 unspecified atom stereocenters. The zero-order chi connectivity index (χ0) is 33.9. The molecule has 1 amide bonds. The number of hydrogen-bond donors (Lipinski definition) is 1. The normalized spacial score (nSPS) is 13.4. The molecule has 46 heavy (non-hydrogen) atoms. The van der Waals surface area contributed by atoms with Crippen LogP contribution in [0.4, 0.5) is 43.9 Å². The molecule has 0 aliphatic carbocycles. The first-order chi connectivity index (χ1) is 21.6. The first-order valence-electron chi connectivity index (χ1n) is 13.7. The predicted octanol–water partition coefficient (Wildman–Crippen LogP) is 8.88. The van der Waals surface area contributed by atoms with Crippen molar-refractivity contribution in [2.45, 2.75) is 43.8 Å². The number of halogens is 10. The fourth-order valence-corrected chi connectivity index (χ4v) is 4.99. The largest absolute Gasteiger partial charge is 0.491 e. The second-order valence-corrected chi connectivity index (χ2v) is 10.4. The van der Waals surface area contributed by atoms with E-state index in [2.05, 4.69) is 5.32 Å². The minimum atomic E-state index is -5.18. The average molecular weight is 658 g/mol. The summed E-state index contributed by atoms with van der Waals surface area (Å²) >= 11 is 0. The van der Waals surface area contributed by atoms with Crippen LogP contribution in [-0.4, -0.2) is 24.9 Å². The molecule has 4 aromatic carbocycles. The van der Waals surface area contributed by atoms with Crippen LogP contribution in [-0.2, 0) is 24.6 Å². The number of benzene rings is 4. The zero-order valence-corrected chi connectivity index (χ0v) is 23.9. The Balaban J connectivity index is 2.01. The van der Waals surface area contributed by atoms with Crippen molar-refractivity contribution in [3.63, 3.8) is 0 Å². The van der Waals surface area contributed by atoms with E-state index in [9.17, 15) is 44.3 Å².